The molecule has 1 N–H and O–H groups in total. The second kappa shape index (κ2) is 10.6. The number of aliphatic imine (C=N–C) groups is 1. The van der Waals surface area contributed by atoms with Gasteiger partial charge in [-0.2, -0.15) is 0 Å². The summed E-state index contributed by atoms with van der Waals surface area (Å²) in [4.78, 5) is 43.2. The molecule has 2 heterocycles. The van der Waals surface area contributed by atoms with E-state index in [2.05, 4.69) is 49.5 Å². The lowest BCUT2D eigenvalue weighted by Gasteiger charge is -2.27. The molecule has 3 aliphatic rings. The van der Waals surface area contributed by atoms with Crippen LogP contribution in [-0.2, 0) is 16.0 Å². The Morgan fingerprint density at radius 1 is 0.944 bits per heavy atom. The minimum atomic E-state index is -0.193. The molecule has 0 radical (unpaired) electrons. The van der Waals surface area contributed by atoms with Crippen molar-refractivity contribution in [2.24, 2.45) is 22.7 Å². The van der Waals surface area contributed by atoms with Crippen LogP contribution >= 0.6 is 11.8 Å². The molecule has 0 bridgehead atoms. The molecule has 186 valence electrons. The Bertz CT molecular complexity index is 1260. The standard InChI is InChI=1S/C30H32N2O3S/c1-18(2)25-17-36-29(20-6-4-3-5-7-20)27(31-25)23-12-14-24-22(16-23)11-9-19(28(24)34)8-10-21-13-15-26(33)32-30(21)35/h3-7,12,14,16,18-19,21H,8-11,13,15,17H2,1-2H3,(H,32,33,35). The number of piperidine rings is 1. The molecule has 0 saturated carbocycles. The lowest BCUT2D eigenvalue weighted by atomic mass is 9.78. The van der Waals surface area contributed by atoms with Crippen LogP contribution < -0.4 is 5.32 Å². The van der Waals surface area contributed by atoms with Crippen LogP contribution in [0, 0.1) is 17.8 Å². The first-order valence-electron chi connectivity index (χ1n) is 12.9. The van der Waals surface area contributed by atoms with E-state index < -0.39 is 0 Å². The van der Waals surface area contributed by atoms with Gasteiger partial charge in [0.05, 0.1) is 5.70 Å². The number of rotatable bonds is 6. The second-order valence-corrected chi connectivity index (χ2v) is 11.3. The summed E-state index contributed by atoms with van der Waals surface area (Å²) in [6.07, 6.45) is 3.95. The lowest BCUT2D eigenvalue weighted by molar-refractivity contribution is -0.136. The van der Waals surface area contributed by atoms with E-state index in [-0.39, 0.29) is 29.4 Å². The highest BCUT2D eigenvalue weighted by Gasteiger charge is 2.32. The topological polar surface area (TPSA) is 75.6 Å². The first-order chi connectivity index (χ1) is 17.4. The van der Waals surface area contributed by atoms with E-state index >= 15 is 0 Å². The summed E-state index contributed by atoms with van der Waals surface area (Å²) in [5.41, 5.74) is 6.32. The fraction of sp³-hybridized carbons (Fsp3) is 0.400. The normalized spacial score (nSPS) is 22.4. The van der Waals surface area contributed by atoms with Crippen LogP contribution in [-0.4, -0.2) is 29.1 Å². The molecule has 5 rings (SSSR count). The van der Waals surface area contributed by atoms with E-state index in [1.807, 2.05) is 30.0 Å². The number of amides is 2. The molecule has 1 saturated heterocycles. The summed E-state index contributed by atoms with van der Waals surface area (Å²) < 4.78 is 0. The van der Waals surface area contributed by atoms with Crippen molar-refractivity contribution in [3.8, 4) is 0 Å². The molecule has 36 heavy (non-hydrogen) atoms. The number of aryl methyl sites for hydroxylation is 1. The van der Waals surface area contributed by atoms with E-state index in [0.717, 1.165) is 41.0 Å². The Labute approximate surface area is 216 Å². The van der Waals surface area contributed by atoms with Crippen LogP contribution in [0.15, 0.2) is 53.5 Å². The van der Waals surface area contributed by atoms with E-state index in [1.54, 1.807) is 0 Å². The maximum Gasteiger partial charge on any atom is 0.229 e. The second-order valence-electron chi connectivity index (χ2n) is 10.3. The van der Waals surface area contributed by atoms with E-state index in [4.69, 9.17) is 4.99 Å². The minimum absolute atomic E-state index is 0.0660. The predicted octanol–water partition coefficient (Wildman–Crippen LogP) is 5.93. The maximum atomic E-state index is 13.3. The Morgan fingerprint density at radius 2 is 1.69 bits per heavy atom. The van der Waals surface area contributed by atoms with E-state index in [1.165, 1.54) is 16.2 Å². The molecule has 1 aliphatic carbocycles. The third-order valence-corrected chi connectivity index (χ3v) is 8.69. The number of carbonyl (C=O) groups excluding carboxylic acids is 3. The highest BCUT2D eigenvalue weighted by molar-refractivity contribution is 8.09. The summed E-state index contributed by atoms with van der Waals surface area (Å²) >= 11 is 1.84. The number of carbonyl (C=O) groups is 3. The van der Waals surface area contributed by atoms with Crippen LogP contribution in [0.5, 0.6) is 0 Å². The fourth-order valence-corrected chi connectivity index (χ4v) is 6.60. The lowest BCUT2D eigenvalue weighted by Crippen LogP contribution is -2.41. The molecule has 2 aromatic rings. The van der Waals surface area contributed by atoms with E-state index in [9.17, 15) is 14.4 Å². The summed E-state index contributed by atoms with van der Waals surface area (Å²) in [7, 11) is 0. The van der Waals surface area contributed by atoms with Crippen LogP contribution in [0.2, 0.25) is 0 Å². The maximum absolute atomic E-state index is 13.3. The van der Waals surface area contributed by atoms with Gasteiger partial charge in [0, 0.05) is 45.8 Å². The molecule has 0 spiro atoms. The molecular formula is C30H32N2O3S. The fourth-order valence-electron chi connectivity index (χ4n) is 5.30. The smallest absolute Gasteiger partial charge is 0.229 e. The average Bonchev–Trinajstić information content (AvgIpc) is 2.89. The number of nitrogens with one attached hydrogen (secondary N) is 1. The summed E-state index contributed by atoms with van der Waals surface area (Å²) in [6.45, 7) is 4.37. The van der Waals surface area contributed by atoms with Gasteiger partial charge in [0.1, 0.15) is 0 Å². The molecule has 5 nitrogen and oxygen atoms in total. The van der Waals surface area contributed by atoms with Gasteiger partial charge in [0.15, 0.2) is 5.78 Å². The molecule has 2 aliphatic heterocycles. The van der Waals surface area contributed by atoms with Gasteiger partial charge in [-0.3, -0.25) is 24.7 Å². The van der Waals surface area contributed by atoms with Gasteiger partial charge >= 0.3 is 0 Å². The molecule has 1 fully saturated rings. The van der Waals surface area contributed by atoms with Crippen molar-refractivity contribution < 1.29 is 14.4 Å². The third-order valence-electron chi connectivity index (χ3n) is 7.53. The molecule has 2 amide bonds. The predicted molar refractivity (Wildman–Crippen MR) is 146 cm³/mol. The SMILES string of the molecule is CC(C)C1=NC(c2ccc3c(c2)CCC(CCC2CCC(=O)NC2=O)C3=O)=C(c2ccccc2)SC1. The molecular weight excluding hydrogens is 468 g/mol. The average molecular weight is 501 g/mol. The quantitative estimate of drug-likeness (QED) is 0.499. The van der Waals surface area contributed by atoms with Crippen molar-refractivity contribution >= 4 is 45.7 Å². The van der Waals surface area contributed by atoms with Gasteiger partial charge in [-0.05, 0) is 55.2 Å². The van der Waals surface area contributed by atoms with Crippen LogP contribution in [0.25, 0.3) is 10.6 Å². The number of nitrogens with zero attached hydrogens (tertiary/aromatic N) is 1. The van der Waals surface area contributed by atoms with Crippen molar-refractivity contribution in [3.05, 3.63) is 70.8 Å². The van der Waals surface area contributed by atoms with Crippen molar-refractivity contribution in [2.75, 3.05) is 5.75 Å². The zero-order chi connectivity index (χ0) is 25.2. The van der Waals surface area contributed by atoms with Crippen LogP contribution in [0.1, 0.15) is 73.0 Å². The van der Waals surface area contributed by atoms with E-state index in [0.29, 0.717) is 31.6 Å². The van der Waals surface area contributed by atoms with Gasteiger partial charge < -0.3 is 0 Å². The minimum Gasteiger partial charge on any atom is -0.296 e. The largest absolute Gasteiger partial charge is 0.296 e. The number of hydrogen-bond donors (Lipinski definition) is 1. The molecule has 2 aromatic carbocycles. The third kappa shape index (κ3) is 5.10. The highest BCUT2D eigenvalue weighted by atomic mass is 32.2. The monoisotopic (exact) mass is 500 g/mol. The Hall–Kier alpha value is -2.99. The van der Waals surface area contributed by atoms with Crippen LogP contribution in [0.3, 0.4) is 0 Å². The van der Waals surface area contributed by atoms with Gasteiger partial charge in [0.2, 0.25) is 11.8 Å². The number of hydrogen-bond acceptors (Lipinski definition) is 5. The van der Waals surface area contributed by atoms with Gasteiger partial charge in [-0.15, -0.1) is 11.8 Å². The Balaban J connectivity index is 1.38. The zero-order valence-electron chi connectivity index (χ0n) is 20.9. The number of imide groups is 1. The van der Waals surface area contributed by atoms with Gasteiger partial charge in [-0.25, -0.2) is 0 Å². The number of fused-ring (bicyclic) bond motifs is 1. The first-order valence-corrected chi connectivity index (χ1v) is 13.9. The molecule has 6 heteroatoms. The van der Waals surface area contributed by atoms with Crippen LogP contribution in [0.4, 0.5) is 0 Å². The van der Waals surface area contributed by atoms with Gasteiger partial charge in [0.25, 0.3) is 0 Å². The van der Waals surface area contributed by atoms with Gasteiger partial charge in [-0.1, -0.05) is 56.3 Å². The number of benzene rings is 2. The highest BCUT2D eigenvalue weighted by Crippen LogP contribution is 2.41. The van der Waals surface area contributed by atoms with Crippen molar-refractivity contribution in [3.63, 3.8) is 0 Å². The Kier molecular flexibility index (Phi) is 7.24. The molecule has 0 aromatic heterocycles. The van der Waals surface area contributed by atoms with Crippen molar-refractivity contribution in [2.45, 2.75) is 52.4 Å². The zero-order valence-corrected chi connectivity index (χ0v) is 21.7. The van der Waals surface area contributed by atoms with Crippen molar-refractivity contribution in [1.82, 2.24) is 5.32 Å². The molecule has 2 atom stereocenters. The summed E-state index contributed by atoms with van der Waals surface area (Å²) in [5, 5.41) is 2.43. The summed E-state index contributed by atoms with van der Waals surface area (Å²) in [5.74, 6) is 0.841. The first kappa shape index (κ1) is 24.7. The molecule has 2 unspecified atom stereocenters. The number of ketones is 1. The summed E-state index contributed by atoms with van der Waals surface area (Å²) in [6, 6.07) is 16.6. The van der Waals surface area contributed by atoms with Crippen molar-refractivity contribution in [1.29, 1.82) is 0 Å². The number of thioether (sulfide) groups is 1. The number of Topliss-reactive ketones (excluding diaryl/α,β-unsaturated/α-hetero) is 1. The Morgan fingerprint density at radius 3 is 2.44 bits per heavy atom.